The second kappa shape index (κ2) is 7.16. The molecule has 1 aliphatic heterocycles. The van der Waals surface area contributed by atoms with Gasteiger partial charge in [-0.2, -0.15) is 5.10 Å². The minimum atomic E-state index is -2.91. The third-order valence-corrected chi connectivity index (χ3v) is 7.15. The van der Waals surface area contributed by atoms with Crippen molar-refractivity contribution in [1.82, 2.24) is 14.7 Å². The average molecular weight is 376 g/mol. The van der Waals surface area contributed by atoms with Crippen molar-refractivity contribution in [3.8, 4) is 0 Å². The third kappa shape index (κ3) is 4.01. The zero-order valence-corrected chi connectivity index (χ0v) is 17.2. The van der Waals surface area contributed by atoms with Gasteiger partial charge in [-0.1, -0.05) is 23.8 Å². The Balaban J connectivity index is 1.76. The van der Waals surface area contributed by atoms with Crippen molar-refractivity contribution in [2.24, 2.45) is 0 Å². The van der Waals surface area contributed by atoms with Crippen molar-refractivity contribution >= 4 is 9.84 Å². The van der Waals surface area contributed by atoms with E-state index in [0.717, 1.165) is 24.5 Å². The standard InChI is InChI=1S/C20H29N3O2S/c1-14-6-7-15(2)18(10-14)11-22(5)12-20-16(3)21-23(17(20)4)19-8-9-26(24,25)13-19/h6-7,10,19H,8-9,11-13H2,1-5H3/t19-/m0/s1. The van der Waals surface area contributed by atoms with Gasteiger partial charge in [-0.05, 0) is 52.3 Å². The molecule has 1 aromatic carbocycles. The number of aromatic nitrogens is 2. The van der Waals surface area contributed by atoms with Crippen LogP contribution in [0.3, 0.4) is 0 Å². The zero-order chi connectivity index (χ0) is 19.1. The van der Waals surface area contributed by atoms with Gasteiger partial charge >= 0.3 is 0 Å². The molecule has 0 saturated carbocycles. The van der Waals surface area contributed by atoms with Crippen LogP contribution in [-0.2, 0) is 22.9 Å². The van der Waals surface area contributed by atoms with Crippen LogP contribution in [0.15, 0.2) is 18.2 Å². The topological polar surface area (TPSA) is 55.2 Å². The van der Waals surface area contributed by atoms with E-state index in [2.05, 4.69) is 56.0 Å². The second-order valence-electron chi connectivity index (χ2n) is 7.75. The lowest BCUT2D eigenvalue weighted by Crippen LogP contribution is -2.19. The Labute approximate surface area is 156 Å². The van der Waals surface area contributed by atoms with Gasteiger partial charge in [0.05, 0.1) is 23.2 Å². The summed E-state index contributed by atoms with van der Waals surface area (Å²) in [5.41, 5.74) is 7.24. The lowest BCUT2D eigenvalue weighted by atomic mass is 10.0. The summed E-state index contributed by atoms with van der Waals surface area (Å²) < 4.78 is 25.6. The fourth-order valence-corrected chi connectivity index (χ4v) is 5.53. The van der Waals surface area contributed by atoms with Crippen molar-refractivity contribution in [2.75, 3.05) is 18.6 Å². The van der Waals surface area contributed by atoms with Crippen LogP contribution in [-0.4, -0.2) is 41.7 Å². The summed E-state index contributed by atoms with van der Waals surface area (Å²) in [7, 11) is -0.785. The van der Waals surface area contributed by atoms with Crippen molar-refractivity contribution in [3.05, 3.63) is 51.8 Å². The average Bonchev–Trinajstić information content (AvgIpc) is 3.04. The maximum absolute atomic E-state index is 11.8. The Morgan fingerprint density at radius 1 is 1.19 bits per heavy atom. The molecule has 1 aromatic heterocycles. The molecule has 0 N–H and O–H groups in total. The molecule has 2 heterocycles. The van der Waals surface area contributed by atoms with Crippen molar-refractivity contribution < 1.29 is 8.42 Å². The van der Waals surface area contributed by atoms with Crippen LogP contribution in [0.25, 0.3) is 0 Å². The molecule has 0 amide bonds. The molecule has 5 nitrogen and oxygen atoms in total. The zero-order valence-electron chi connectivity index (χ0n) is 16.4. The summed E-state index contributed by atoms with van der Waals surface area (Å²) in [6.45, 7) is 10.1. The highest BCUT2D eigenvalue weighted by Gasteiger charge is 2.31. The Kier molecular flexibility index (Phi) is 5.26. The van der Waals surface area contributed by atoms with Crippen LogP contribution in [0.1, 0.15) is 46.1 Å². The van der Waals surface area contributed by atoms with Gasteiger partial charge in [0.15, 0.2) is 9.84 Å². The molecule has 1 aliphatic rings. The molecule has 0 aliphatic carbocycles. The Morgan fingerprint density at radius 3 is 2.58 bits per heavy atom. The number of nitrogens with zero attached hydrogens (tertiary/aromatic N) is 3. The summed E-state index contributed by atoms with van der Waals surface area (Å²) in [4.78, 5) is 2.30. The smallest absolute Gasteiger partial charge is 0.152 e. The second-order valence-corrected chi connectivity index (χ2v) is 9.98. The molecule has 0 unspecified atom stereocenters. The lowest BCUT2D eigenvalue weighted by Gasteiger charge is -2.19. The number of benzene rings is 1. The van der Waals surface area contributed by atoms with E-state index >= 15 is 0 Å². The monoisotopic (exact) mass is 375 g/mol. The SMILES string of the molecule is Cc1ccc(C)c(CN(C)Cc2c(C)nn([C@H]3CCS(=O)(=O)C3)c2C)c1. The van der Waals surface area contributed by atoms with E-state index in [1.165, 1.54) is 22.3 Å². The van der Waals surface area contributed by atoms with Gasteiger partial charge in [-0.15, -0.1) is 0 Å². The number of aryl methyl sites for hydroxylation is 3. The predicted octanol–water partition coefficient (Wildman–Crippen LogP) is 3.11. The maximum Gasteiger partial charge on any atom is 0.152 e. The number of rotatable bonds is 5. The summed E-state index contributed by atoms with van der Waals surface area (Å²) in [5, 5.41) is 4.68. The lowest BCUT2D eigenvalue weighted by molar-refractivity contribution is 0.316. The Bertz CT molecular complexity index is 915. The highest BCUT2D eigenvalue weighted by Crippen LogP contribution is 2.27. The predicted molar refractivity (Wildman–Crippen MR) is 105 cm³/mol. The van der Waals surface area contributed by atoms with Crippen molar-refractivity contribution in [3.63, 3.8) is 0 Å². The summed E-state index contributed by atoms with van der Waals surface area (Å²) >= 11 is 0. The van der Waals surface area contributed by atoms with E-state index in [1.54, 1.807) is 0 Å². The van der Waals surface area contributed by atoms with E-state index in [9.17, 15) is 8.42 Å². The molecule has 26 heavy (non-hydrogen) atoms. The molecule has 0 spiro atoms. The van der Waals surface area contributed by atoms with Gasteiger partial charge in [0.1, 0.15) is 0 Å². The molecule has 142 valence electrons. The maximum atomic E-state index is 11.8. The Morgan fingerprint density at radius 2 is 1.92 bits per heavy atom. The molecular weight excluding hydrogens is 346 g/mol. The molecule has 6 heteroatoms. The molecule has 2 aromatic rings. The quantitative estimate of drug-likeness (QED) is 0.806. The van der Waals surface area contributed by atoms with E-state index in [1.807, 2.05) is 11.6 Å². The minimum absolute atomic E-state index is 0.0169. The molecule has 1 fully saturated rings. The number of sulfone groups is 1. The Hall–Kier alpha value is -1.66. The van der Waals surface area contributed by atoms with Crippen LogP contribution in [0.2, 0.25) is 0 Å². The molecule has 1 atom stereocenters. The van der Waals surface area contributed by atoms with Crippen LogP contribution < -0.4 is 0 Å². The van der Waals surface area contributed by atoms with E-state index in [-0.39, 0.29) is 17.5 Å². The number of hydrogen-bond donors (Lipinski definition) is 0. The number of hydrogen-bond acceptors (Lipinski definition) is 4. The van der Waals surface area contributed by atoms with E-state index < -0.39 is 9.84 Å². The van der Waals surface area contributed by atoms with Crippen LogP contribution >= 0.6 is 0 Å². The molecular formula is C20H29N3O2S. The van der Waals surface area contributed by atoms with Crippen molar-refractivity contribution in [1.29, 1.82) is 0 Å². The first-order chi connectivity index (χ1) is 12.2. The van der Waals surface area contributed by atoms with Crippen LogP contribution in [0.5, 0.6) is 0 Å². The molecule has 0 radical (unpaired) electrons. The molecule has 0 bridgehead atoms. The first kappa shape index (κ1) is 19.1. The van der Waals surface area contributed by atoms with Gasteiger partial charge in [0, 0.05) is 24.3 Å². The minimum Gasteiger partial charge on any atom is -0.298 e. The largest absolute Gasteiger partial charge is 0.298 e. The van der Waals surface area contributed by atoms with Gasteiger partial charge in [-0.3, -0.25) is 9.58 Å². The highest BCUT2D eigenvalue weighted by molar-refractivity contribution is 7.91. The summed E-state index contributed by atoms with van der Waals surface area (Å²) in [6, 6.07) is 6.55. The van der Waals surface area contributed by atoms with Gasteiger partial charge < -0.3 is 0 Å². The van der Waals surface area contributed by atoms with Gasteiger partial charge in [0.25, 0.3) is 0 Å². The summed E-state index contributed by atoms with van der Waals surface area (Å²) in [5.74, 6) is 0.491. The highest BCUT2D eigenvalue weighted by atomic mass is 32.2. The fraction of sp³-hybridized carbons (Fsp3) is 0.550. The molecule has 3 rings (SSSR count). The first-order valence-corrected chi connectivity index (χ1v) is 11.0. The molecule has 1 saturated heterocycles. The van der Waals surface area contributed by atoms with Gasteiger partial charge in [0.2, 0.25) is 0 Å². The van der Waals surface area contributed by atoms with E-state index in [4.69, 9.17) is 0 Å². The van der Waals surface area contributed by atoms with Crippen LogP contribution in [0, 0.1) is 27.7 Å². The van der Waals surface area contributed by atoms with E-state index in [0.29, 0.717) is 6.42 Å². The fourth-order valence-electron chi connectivity index (χ4n) is 3.84. The normalized spacial score (nSPS) is 19.4. The first-order valence-electron chi connectivity index (χ1n) is 9.16. The third-order valence-electron chi connectivity index (χ3n) is 5.40. The van der Waals surface area contributed by atoms with Crippen molar-refractivity contribution in [2.45, 2.75) is 53.2 Å². The van der Waals surface area contributed by atoms with Gasteiger partial charge in [-0.25, -0.2) is 8.42 Å². The van der Waals surface area contributed by atoms with Crippen LogP contribution in [0.4, 0.5) is 0 Å². The summed E-state index contributed by atoms with van der Waals surface area (Å²) in [6.07, 6.45) is 0.669.